The molecule has 17 heavy (non-hydrogen) atoms. The standard InChI is InChI=1S/C11H13F2N3O/c12-10(13)9-5-8(2-4-15-9)16-11(17)7-1-3-14-6-7/h2,4-5,7,10,14H,1,3,6H2,(H,15,16,17)/t7-/m0/s1. The van der Waals surface area contributed by atoms with Crippen LogP contribution in [0.4, 0.5) is 14.5 Å². The number of aromatic nitrogens is 1. The van der Waals surface area contributed by atoms with E-state index < -0.39 is 6.43 Å². The van der Waals surface area contributed by atoms with Gasteiger partial charge in [-0.2, -0.15) is 0 Å². The smallest absolute Gasteiger partial charge is 0.280 e. The second-order valence-electron chi connectivity index (χ2n) is 3.95. The lowest BCUT2D eigenvalue weighted by Crippen LogP contribution is -2.24. The van der Waals surface area contributed by atoms with Crippen molar-refractivity contribution in [3.8, 4) is 0 Å². The molecule has 1 amide bonds. The first-order chi connectivity index (χ1) is 8.16. The fraction of sp³-hybridized carbons (Fsp3) is 0.455. The Morgan fingerprint density at radius 3 is 3.06 bits per heavy atom. The summed E-state index contributed by atoms with van der Waals surface area (Å²) in [5.74, 6) is -0.223. The largest absolute Gasteiger partial charge is 0.326 e. The molecule has 2 rings (SSSR count). The van der Waals surface area contributed by atoms with Crippen LogP contribution in [0.1, 0.15) is 18.5 Å². The molecule has 92 valence electrons. The van der Waals surface area contributed by atoms with Gasteiger partial charge in [0.05, 0.1) is 5.92 Å². The number of pyridine rings is 1. The van der Waals surface area contributed by atoms with Gasteiger partial charge in [-0.05, 0) is 25.1 Å². The fourth-order valence-electron chi connectivity index (χ4n) is 1.77. The van der Waals surface area contributed by atoms with E-state index in [1.807, 2.05) is 0 Å². The third kappa shape index (κ3) is 2.97. The monoisotopic (exact) mass is 241 g/mol. The minimum absolute atomic E-state index is 0.0850. The number of carbonyl (C=O) groups is 1. The van der Waals surface area contributed by atoms with Crippen molar-refractivity contribution in [3.63, 3.8) is 0 Å². The molecule has 0 unspecified atom stereocenters. The summed E-state index contributed by atoms with van der Waals surface area (Å²) >= 11 is 0. The molecule has 6 heteroatoms. The first kappa shape index (κ1) is 11.9. The van der Waals surface area contributed by atoms with Gasteiger partial charge in [0.2, 0.25) is 5.91 Å². The molecule has 2 N–H and O–H groups in total. The Bertz CT molecular complexity index is 405. The van der Waals surface area contributed by atoms with Crippen molar-refractivity contribution in [2.24, 2.45) is 5.92 Å². The van der Waals surface area contributed by atoms with E-state index in [2.05, 4.69) is 15.6 Å². The molecule has 1 fully saturated rings. The summed E-state index contributed by atoms with van der Waals surface area (Å²) < 4.78 is 24.8. The zero-order valence-electron chi connectivity index (χ0n) is 9.12. The number of alkyl halides is 2. The van der Waals surface area contributed by atoms with Crippen LogP contribution in [0, 0.1) is 5.92 Å². The Morgan fingerprint density at radius 2 is 2.41 bits per heavy atom. The highest BCUT2D eigenvalue weighted by Crippen LogP contribution is 2.20. The predicted octanol–water partition coefficient (Wildman–Crippen LogP) is 1.57. The number of anilines is 1. The van der Waals surface area contributed by atoms with E-state index in [4.69, 9.17) is 0 Å². The molecule has 4 nitrogen and oxygen atoms in total. The zero-order valence-corrected chi connectivity index (χ0v) is 9.12. The maximum Gasteiger partial charge on any atom is 0.280 e. The summed E-state index contributed by atoms with van der Waals surface area (Å²) in [6, 6.07) is 2.71. The van der Waals surface area contributed by atoms with Crippen LogP contribution in [0.3, 0.4) is 0 Å². The van der Waals surface area contributed by atoms with Crippen LogP contribution in [0.5, 0.6) is 0 Å². The van der Waals surface area contributed by atoms with Gasteiger partial charge in [-0.1, -0.05) is 0 Å². The van der Waals surface area contributed by atoms with Crippen LogP contribution in [-0.4, -0.2) is 24.0 Å². The van der Waals surface area contributed by atoms with Crippen molar-refractivity contribution in [2.45, 2.75) is 12.8 Å². The first-order valence-electron chi connectivity index (χ1n) is 5.42. The molecule has 1 aliphatic heterocycles. The number of amides is 1. The van der Waals surface area contributed by atoms with E-state index in [0.29, 0.717) is 12.2 Å². The summed E-state index contributed by atoms with van der Waals surface area (Å²) in [6.45, 7) is 1.45. The summed E-state index contributed by atoms with van der Waals surface area (Å²) in [6.07, 6.45) is -0.581. The van der Waals surface area contributed by atoms with Gasteiger partial charge in [-0.25, -0.2) is 8.78 Å². The number of halogens is 2. The van der Waals surface area contributed by atoms with Crippen LogP contribution < -0.4 is 10.6 Å². The average Bonchev–Trinajstić information content (AvgIpc) is 2.82. The van der Waals surface area contributed by atoms with E-state index in [0.717, 1.165) is 13.0 Å². The molecular formula is C11H13F2N3O. The van der Waals surface area contributed by atoms with E-state index in [1.165, 1.54) is 18.3 Å². The van der Waals surface area contributed by atoms with Crippen LogP contribution in [0.2, 0.25) is 0 Å². The topological polar surface area (TPSA) is 54.0 Å². The molecule has 1 saturated heterocycles. The fourth-order valence-corrected chi connectivity index (χ4v) is 1.77. The Kier molecular flexibility index (Phi) is 3.63. The highest BCUT2D eigenvalue weighted by molar-refractivity contribution is 5.92. The third-order valence-electron chi connectivity index (χ3n) is 2.70. The number of rotatable bonds is 3. The number of nitrogens with zero attached hydrogens (tertiary/aromatic N) is 1. The third-order valence-corrected chi connectivity index (χ3v) is 2.70. The summed E-state index contributed by atoms with van der Waals surface area (Å²) in [5.41, 5.74) is 0.0412. The molecule has 0 aromatic carbocycles. The molecule has 0 aliphatic carbocycles. The molecule has 1 aromatic rings. The van der Waals surface area contributed by atoms with Crippen LogP contribution in [0.15, 0.2) is 18.3 Å². The minimum Gasteiger partial charge on any atom is -0.326 e. The lowest BCUT2D eigenvalue weighted by atomic mass is 10.1. The van der Waals surface area contributed by atoms with Crippen molar-refractivity contribution in [1.82, 2.24) is 10.3 Å². The lowest BCUT2D eigenvalue weighted by Gasteiger charge is -2.10. The number of hydrogen-bond acceptors (Lipinski definition) is 3. The van der Waals surface area contributed by atoms with Gasteiger partial charge in [0.1, 0.15) is 5.69 Å². The first-order valence-corrected chi connectivity index (χ1v) is 5.42. The molecule has 0 bridgehead atoms. The normalized spacial score (nSPS) is 19.6. The Morgan fingerprint density at radius 1 is 1.59 bits per heavy atom. The molecule has 0 spiro atoms. The summed E-state index contributed by atoms with van der Waals surface area (Å²) in [7, 11) is 0. The Balaban J connectivity index is 2.02. The molecule has 1 aliphatic rings. The van der Waals surface area contributed by atoms with Crippen molar-refractivity contribution >= 4 is 11.6 Å². The lowest BCUT2D eigenvalue weighted by molar-refractivity contribution is -0.119. The van der Waals surface area contributed by atoms with Crippen LogP contribution in [-0.2, 0) is 4.79 Å². The maximum absolute atomic E-state index is 12.4. The number of carbonyl (C=O) groups excluding carboxylic acids is 1. The van der Waals surface area contributed by atoms with E-state index >= 15 is 0 Å². The Hall–Kier alpha value is -1.56. The SMILES string of the molecule is O=C(Nc1ccnc(C(F)F)c1)[C@H]1CCNC1. The van der Waals surface area contributed by atoms with Gasteiger partial charge < -0.3 is 10.6 Å². The average molecular weight is 241 g/mol. The van der Waals surface area contributed by atoms with Gasteiger partial charge >= 0.3 is 0 Å². The molecule has 1 atom stereocenters. The van der Waals surface area contributed by atoms with Gasteiger partial charge in [0.15, 0.2) is 0 Å². The van der Waals surface area contributed by atoms with E-state index in [1.54, 1.807) is 0 Å². The summed E-state index contributed by atoms with van der Waals surface area (Å²) in [5, 5.41) is 5.70. The second kappa shape index (κ2) is 5.18. The molecular weight excluding hydrogens is 228 g/mol. The van der Waals surface area contributed by atoms with E-state index in [-0.39, 0.29) is 17.5 Å². The van der Waals surface area contributed by atoms with Crippen molar-refractivity contribution < 1.29 is 13.6 Å². The van der Waals surface area contributed by atoms with Crippen molar-refractivity contribution in [2.75, 3.05) is 18.4 Å². The second-order valence-corrected chi connectivity index (χ2v) is 3.95. The number of nitrogens with one attached hydrogen (secondary N) is 2. The molecule has 2 heterocycles. The van der Waals surface area contributed by atoms with Crippen molar-refractivity contribution in [3.05, 3.63) is 24.0 Å². The van der Waals surface area contributed by atoms with Crippen LogP contribution in [0.25, 0.3) is 0 Å². The van der Waals surface area contributed by atoms with Crippen molar-refractivity contribution in [1.29, 1.82) is 0 Å². The number of hydrogen-bond donors (Lipinski definition) is 2. The zero-order chi connectivity index (χ0) is 12.3. The Labute approximate surface area is 97.4 Å². The quantitative estimate of drug-likeness (QED) is 0.844. The van der Waals surface area contributed by atoms with Gasteiger partial charge in [0.25, 0.3) is 6.43 Å². The van der Waals surface area contributed by atoms with Gasteiger partial charge in [0, 0.05) is 18.4 Å². The molecule has 0 radical (unpaired) electrons. The van der Waals surface area contributed by atoms with Gasteiger partial charge in [-0.15, -0.1) is 0 Å². The molecule has 1 aromatic heterocycles. The maximum atomic E-state index is 12.4. The highest BCUT2D eigenvalue weighted by Gasteiger charge is 2.22. The minimum atomic E-state index is -2.63. The van der Waals surface area contributed by atoms with Gasteiger partial charge in [-0.3, -0.25) is 9.78 Å². The highest BCUT2D eigenvalue weighted by atomic mass is 19.3. The van der Waals surface area contributed by atoms with Crippen LogP contribution >= 0.6 is 0 Å². The predicted molar refractivity (Wildman–Crippen MR) is 58.8 cm³/mol. The summed E-state index contributed by atoms with van der Waals surface area (Å²) in [4.78, 5) is 15.3. The van der Waals surface area contributed by atoms with E-state index in [9.17, 15) is 13.6 Å². The molecule has 0 saturated carbocycles.